The molecule has 0 aliphatic heterocycles. The van der Waals surface area contributed by atoms with Crippen molar-refractivity contribution >= 4 is 24.3 Å². The van der Waals surface area contributed by atoms with Crippen LogP contribution in [-0.4, -0.2) is 61.3 Å². The third kappa shape index (κ3) is 34.8. The fourth-order valence-electron chi connectivity index (χ4n) is 7.81. The van der Waals surface area contributed by atoms with Crippen LogP contribution in [0.5, 0.6) is 0 Å². The molecular formula is C47H91N3O6. The molecule has 0 spiro atoms. The lowest BCUT2D eigenvalue weighted by atomic mass is 9.89. The van der Waals surface area contributed by atoms with Crippen LogP contribution in [0.4, 0.5) is 11.4 Å². The summed E-state index contributed by atoms with van der Waals surface area (Å²) in [6, 6.07) is 0. The summed E-state index contributed by atoms with van der Waals surface area (Å²) in [5, 5.41) is 19.9. The monoisotopic (exact) mass is 794 g/mol. The van der Waals surface area contributed by atoms with E-state index < -0.39 is 0 Å². The third-order valence-electron chi connectivity index (χ3n) is 11.2. The van der Waals surface area contributed by atoms with Crippen molar-refractivity contribution in [3.05, 3.63) is 20.4 Å². The van der Waals surface area contributed by atoms with Crippen molar-refractivity contribution in [2.75, 3.05) is 43.9 Å². The van der Waals surface area contributed by atoms with E-state index in [0.29, 0.717) is 11.4 Å². The Kier molecular flexibility index (Phi) is 45.0. The van der Waals surface area contributed by atoms with E-state index in [1.54, 1.807) is 7.05 Å². The lowest BCUT2D eigenvalue weighted by molar-refractivity contribution is -0.123. The Morgan fingerprint density at radius 1 is 0.464 bits per heavy atom. The second-order valence-electron chi connectivity index (χ2n) is 16.1. The van der Waals surface area contributed by atoms with Crippen LogP contribution in [0.25, 0.3) is 0 Å². The Balaban J connectivity index is 0. The van der Waals surface area contributed by atoms with Gasteiger partial charge in [-0.1, -0.05) is 213 Å². The predicted molar refractivity (Wildman–Crippen MR) is 241 cm³/mol. The number of anilines is 2. The minimum atomic E-state index is -0.389. The highest BCUT2D eigenvalue weighted by molar-refractivity contribution is 5.73. The smallest absolute Gasteiger partial charge is 0.290 e. The highest BCUT2D eigenvalue weighted by Gasteiger charge is 2.19. The highest BCUT2D eigenvalue weighted by atomic mass is 16.3. The zero-order valence-electron chi connectivity index (χ0n) is 37.2. The molecule has 1 aromatic rings. The van der Waals surface area contributed by atoms with E-state index >= 15 is 0 Å². The molecule has 0 saturated carbocycles. The lowest BCUT2D eigenvalue weighted by Crippen LogP contribution is -2.38. The van der Waals surface area contributed by atoms with Crippen molar-refractivity contribution in [2.45, 2.75) is 226 Å². The summed E-state index contributed by atoms with van der Waals surface area (Å²) < 4.78 is 0. The molecule has 1 rings (SSSR count). The molecule has 1 aromatic carbocycles. The fourth-order valence-corrected chi connectivity index (χ4v) is 7.81. The molecule has 9 heteroatoms. The first kappa shape index (κ1) is 55.7. The van der Waals surface area contributed by atoms with Crippen LogP contribution in [0.3, 0.4) is 0 Å². The van der Waals surface area contributed by atoms with Crippen molar-refractivity contribution < 1.29 is 19.8 Å². The molecule has 0 fully saturated rings. The molecule has 0 aromatic heterocycles. The molecule has 56 heavy (non-hydrogen) atoms. The third-order valence-corrected chi connectivity index (χ3v) is 11.2. The van der Waals surface area contributed by atoms with E-state index in [0.717, 1.165) is 32.1 Å². The van der Waals surface area contributed by atoms with E-state index in [1.165, 1.54) is 205 Å². The van der Waals surface area contributed by atoms with Crippen molar-refractivity contribution in [2.24, 2.45) is 5.92 Å². The minimum Gasteiger partial charge on any atom is -0.483 e. The van der Waals surface area contributed by atoms with Gasteiger partial charge in [-0.25, -0.2) is 0 Å². The second kappa shape index (κ2) is 45.3. The van der Waals surface area contributed by atoms with E-state index in [9.17, 15) is 9.59 Å². The zero-order chi connectivity index (χ0) is 41.7. The molecule has 0 saturated heterocycles. The van der Waals surface area contributed by atoms with Crippen molar-refractivity contribution in [1.29, 1.82) is 0 Å². The summed E-state index contributed by atoms with van der Waals surface area (Å²) in [7, 11) is 1.71. The normalized spacial score (nSPS) is 11.0. The van der Waals surface area contributed by atoms with Gasteiger partial charge in [-0.2, -0.15) is 0 Å². The van der Waals surface area contributed by atoms with Gasteiger partial charge in [0.05, 0.1) is 0 Å². The van der Waals surface area contributed by atoms with Crippen molar-refractivity contribution in [1.82, 2.24) is 4.90 Å². The van der Waals surface area contributed by atoms with Crippen LogP contribution in [0.1, 0.15) is 226 Å². The number of carbonyl (C=O) groups is 2. The second-order valence-corrected chi connectivity index (χ2v) is 16.1. The standard InChI is InChI=1S/C45H87N3O2.2CH2O2/c1-5-8-11-14-17-18-19-20-21-22-27-32-38-48(40-37-47-43-42(46-4)44(49)45(43)50)39-33-28-23-26-31-36-41(34-29-24-15-12-9-6-2)35-30-25-16-13-10-7-3;2*2-1-3/h41,46-47H,5-40H2,1-4H3;2*1H,(H,2,3). The molecule has 0 bridgehead atoms. The number of carboxylic acid groups (broad SMARTS) is 2. The number of hydrogen-bond donors (Lipinski definition) is 4. The first-order valence-electron chi connectivity index (χ1n) is 23.5. The van der Waals surface area contributed by atoms with Gasteiger partial charge in [-0.3, -0.25) is 19.2 Å². The predicted octanol–water partition coefficient (Wildman–Crippen LogP) is 12.6. The molecule has 4 N–H and O–H groups in total. The van der Waals surface area contributed by atoms with Crippen LogP contribution in [0, 0.1) is 5.92 Å². The maximum atomic E-state index is 12.0. The topological polar surface area (TPSA) is 136 Å². The van der Waals surface area contributed by atoms with Gasteiger partial charge in [0.25, 0.3) is 23.8 Å². The Morgan fingerprint density at radius 2 is 0.750 bits per heavy atom. The van der Waals surface area contributed by atoms with Crippen molar-refractivity contribution in [3.8, 4) is 0 Å². The Morgan fingerprint density at radius 3 is 1.07 bits per heavy atom. The lowest BCUT2D eigenvalue weighted by Gasteiger charge is -2.23. The van der Waals surface area contributed by atoms with E-state index in [2.05, 4.69) is 36.3 Å². The van der Waals surface area contributed by atoms with Gasteiger partial charge in [0.2, 0.25) is 0 Å². The van der Waals surface area contributed by atoms with Crippen LogP contribution in [0.2, 0.25) is 0 Å². The maximum absolute atomic E-state index is 12.0. The minimum absolute atomic E-state index is 0.250. The number of nitrogens with zero attached hydrogens (tertiary/aromatic N) is 1. The molecule has 0 unspecified atom stereocenters. The average molecular weight is 794 g/mol. The number of unbranched alkanes of at least 4 members (excludes halogenated alkanes) is 25. The quantitative estimate of drug-likeness (QED) is 0.0291. The van der Waals surface area contributed by atoms with Crippen LogP contribution < -0.4 is 21.5 Å². The average Bonchev–Trinajstić information content (AvgIpc) is 3.19. The van der Waals surface area contributed by atoms with Gasteiger partial charge in [0.1, 0.15) is 11.4 Å². The molecule has 0 atom stereocenters. The van der Waals surface area contributed by atoms with E-state index in [4.69, 9.17) is 19.8 Å². The number of hydrogen-bond acceptors (Lipinski definition) is 7. The molecule has 0 amide bonds. The SMILES string of the molecule is CCCCCCCCCCCCCCN(CCCCCCCC(CCCCCCCC)CCCCCCCC)CCNc1c(NC)c(=O)c1=O.O=CO.O=CO. The van der Waals surface area contributed by atoms with Crippen LogP contribution in [0.15, 0.2) is 9.59 Å². The zero-order valence-corrected chi connectivity index (χ0v) is 37.2. The van der Waals surface area contributed by atoms with Crippen LogP contribution >= 0.6 is 0 Å². The summed E-state index contributed by atoms with van der Waals surface area (Å²) in [5.74, 6) is 0.960. The van der Waals surface area contributed by atoms with Gasteiger partial charge in [-0.15, -0.1) is 0 Å². The van der Waals surface area contributed by atoms with Gasteiger partial charge in [0, 0.05) is 20.1 Å². The summed E-state index contributed by atoms with van der Waals surface area (Å²) in [6.45, 7) is 10.4. The van der Waals surface area contributed by atoms with Gasteiger partial charge in [-0.05, 0) is 31.8 Å². The largest absolute Gasteiger partial charge is 0.483 e. The van der Waals surface area contributed by atoms with Gasteiger partial charge in [0.15, 0.2) is 0 Å². The van der Waals surface area contributed by atoms with Crippen molar-refractivity contribution in [3.63, 3.8) is 0 Å². The van der Waals surface area contributed by atoms with Crippen LogP contribution in [-0.2, 0) is 9.59 Å². The van der Waals surface area contributed by atoms with E-state index in [1.807, 2.05) is 0 Å². The Hall–Kier alpha value is -2.42. The highest BCUT2D eigenvalue weighted by Crippen LogP contribution is 2.25. The molecule has 330 valence electrons. The molecule has 0 aliphatic rings. The molecule has 9 nitrogen and oxygen atoms in total. The number of nitrogens with one attached hydrogen (secondary N) is 2. The fraction of sp³-hybridized carbons (Fsp3) is 0.872. The molecule has 0 radical (unpaired) electrons. The summed E-state index contributed by atoms with van der Waals surface area (Å²) >= 11 is 0. The molecule has 0 heterocycles. The molecule has 0 aliphatic carbocycles. The summed E-state index contributed by atoms with van der Waals surface area (Å²) in [4.78, 5) is 43.1. The van der Waals surface area contributed by atoms with Gasteiger partial charge < -0.3 is 25.7 Å². The maximum Gasteiger partial charge on any atom is 0.290 e. The number of rotatable bonds is 40. The Bertz CT molecular complexity index is 1010. The Labute approximate surface area is 344 Å². The summed E-state index contributed by atoms with van der Waals surface area (Å²) in [6.07, 6.45) is 44.7. The van der Waals surface area contributed by atoms with E-state index in [-0.39, 0.29) is 23.8 Å². The van der Waals surface area contributed by atoms with Gasteiger partial charge >= 0.3 is 0 Å². The summed E-state index contributed by atoms with van der Waals surface area (Å²) in [5.41, 5.74) is 0.167. The first-order valence-corrected chi connectivity index (χ1v) is 23.5. The first-order chi connectivity index (χ1) is 27.4. The molecular weight excluding hydrogens is 703 g/mol.